The fraction of sp³-hybridized carbons (Fsp3) is 0.471. The van der Waals surface area contributed by atoms with Crippen molar-refractivity contribution in [3.63, 3.8) is 0 Å². The smallest absolute Gasteiger partial charge is 0.273 e. The molecule has 1 aromatic heterocycles. The quantitative estimate of drug-likeness (QED) is 0.834. The normalized spacial score (nSPS) is 12.4. The van der Waals surface area contributed by atoms with Crippen LogP contribution in [-0.4, -0.2) is 51.5 Å². The van der Waals surface area contributed by atoms with Crippen molar-refractivity contribution in [1.29, 1.82) is 0 Å². The summed E-state index contributed by atoms with van der Waals surface area (Å²) in [5, 5.41) is 12.2. The molecule has 2 aromatic rings. The predicted molar refractivity (Wildman–Crippen MR) is 95.8 cm³/mol. The molecule has 0 bridgehead atoms. The van der Waals surface area contributed by atoms with Crippen LogP contribution in [0, 0.1) is 6.92 Å². The summed E-state index contributed by atoms with van der Waals surface area (Å²) in [5.74, 6) is -0.209. The Morgan fingerprint density at radius 3 is 2.67 bits per heavy atom. The monoisotopic (exact) mass is 349 g/mol. The van der Waals surface area contributed by atoms with Gasteiger partial charge in [0.25, 0.3) is 5.91 Å². The Hall–Kier alpha value is -1.92. The lowest BCUT2D eigenvalue weighted by Gasteiger charge is -2.26. The molecule has 2 rings (SSSR count). The van der Waals surface area contributed by atoms with Crippen LogP contribution in [0.4, 0.5) is 0 Å². The number of amides is 1. The molecule has 0 radical (unpaired) electrons. The van der Waals surface area contributed by atoms with E-state index in [9.17, 15) is 4.79 Å². The van der Waals surface area contributed by atoms with Crippen molar-refractivity contribution < 1.29 is 4.79 Å². The number of likely N-dealkylation sites (N-methyl/N-ethyl adjacent to an activating group) is 1. The molecule has 1 aromatic carbocycles. The summed E-state index contributed by atoms with van der Waals surface area (Å²) in [7, 11) is 0. The van der Waals surface area contributed by atoms with Crippen LogP contribution in [-0.2, 0) is 0 Å². The van der Waals surface area contributed by atoms with E-state index < -0.39 is 0 Å². The van der Waals surface area contributed by atoms with Crippen LogP contribution in [0.5, 0.6) is 0 Å². The molecule has 0 aliphatic rings. The molecule has 24 heavy (non-hydrogen) atoms. The molecule has 0 saturated heterocycles. The second-order valence-electron chi connectivity index (χ2n) is 5.68. The number of aryl methyl sites for hydroxylation is 1. The van der Waals surface area contributed by atoms with E-state index in [1.165, 1.54) is 4.80 Å². The summed E-state index contributed by atoms with van der Waals surface area (Å²) in [4.78, 5) is 16.1. The molecule has 0 aliphatic carbocycles. The van der Waals surface area contributed by atoms with Gasteiger partial charge in [0.05, 0.1) is 11.4 Å². The van der Waals surface area contributed by atoms with E-state index in [2.05, 4.69) is 41.2 Å². The predicted octanol–water partition coefficient (Wildman–Crippen LogP) is 2.69. The van der Waals surface area contributed by atoms with Gasteiger partial charge in [0.1, 0.15) is 0 Å². The fourth-order valence-corrected chi connectivity index (χ4v) is 2.79. The van der Waals surface area contributed by atoms with Gasteiger partial charge in [-0.2, -0.15) is 9.90 Å². The lowest BCUT2D eigenvalue weighted by atomic mass is 10.2. The van der Waals surface area contributed by atoms with Crippen molar-refractivity contribution in [2.45, 2.75) is 33.7 Å². The van der Waals surface area contributed by atoms with Gasteiger partial charge in [-0.15, -0.1) is 5.10 Å². The Bertz CT molecular complexity index is 696. The number of hydrogen-bond acceptors (Lipinski definition) is 4. The Labute approximate surface area is 147 Å². The first-order chi connectivity index (χ1) is 11.5. The van der Waals surface area contributed by atoms with Crippen LogP contribution >= 0.6 is 11.6 Å². The largest absolute Gasteiger partial charge is 0.349 e. The third-order valence-electron chi connectivity index (χ3n) is 4.03. The van der Waals surface area contributed by atoms with Crippen molar-refractivity contribution >= 4 is 17.5 Å². The number of rotatable bonds is 7. The molecule has 1 atom stereocenters. The topological polar surface area (TPSA) is 63.1 Å². The fourth-order valence-electron chi connectivity index (χ4n) is 2.60. The van der Waals surface area contributed by atoms with Crippen molar-refractivity contribution in [3.05, 3.63) is 40.7 Å². The van der Waals surface area contributed by atoms with Gasteiger partial charge >= 0.3 is 0 Å². The number of benzene rings is 1. The van der Waals surface area contributed by atoms with Gasteiger partial charge in [-0.25, -0.2) is 0 Å². The van der Waals surface area contributed by atoms with Crippen LogP contribution in [0.3, 0.4) is 0 Å². The average molecular weight is 350 g/mol. The maximum absolute atomic E-state index is 12.4. The molecular formula is C17H24ClN5O. The van der Waals surface area contributed by atoms with Crippen molar-refractivity contribution in [2.75, 3.05) is 19.6 Å². The zero-order valence-corrected chi connectivity index (χ0v) is 15.3. The van der Waals surface area contributed by atoms with Crippen molar-refractivity contribution in [1.82, 2.24) is 25.2 Å². The van der Waals surface area contributed by atoms with E-state index in [0.29, 0.717) is 23.0 Å². The number of carbonyl (C=O) groups excluding carboxylic acids is 1. The van der Waals surface area contributed by atoms with E-state index in [0.717, 1.165) is 18.8 Å². The maximum Gasteiger partial charge on any atom is 0.273 e. The first-order valence-corrected chi connectivity index (χ1v) is 8.56. The number of nitrogens with zero attached hydrogens (tertiary/aromatic N) is 4. The van der Waals surface area contributed by atoms with Crippen LogP contribution in [0.2, 0.25) is 5.02 Å². The van der Waals surface area contributed by atoms with Gasteiger partial charge in [-0.3, -0.25) is 9.69 Å². The average Bonchev–Trinajstić information content (AvgIpc) is 2.96. The number of hydrogen-bond donors (Lipinski definition) is 1. The highest BCUT2D eigenvalue weighted by molar-refractivity contribution is 6.30. The Morgan fingerprint density at radius 1 is 1.33 bits per heavy atom. The highest BCUT2D eigenvalue weighted by Crippen LogP contribution is 2.14. The summed E-state index contributed by atoms with van der Waals surface area (Å²) < 4.78 is 0. The van der Waals surface area contributed by atoms with Gasteiger partial charge in [-0.05, 0) is 45.1 Å². The van der Waals surface area contributed by atoms with Gasteiger partial charge in [-0.1, -0.05) is 31.5 Å². The van der Waals surface area contributed by atoms with Crippen molar-refractivity contribution in [3.8, 4) is 5.69 Å². The first kappa shape index (κ1) is 18.4. The molecule has 130 valence electrons. The Kier molecular flexibility index (Phi) is 6.34. The molecule has 0 aliphatic heterocycles. The van der Waals surface area contributed by atoms with Gasteiger partial charge in [0, 0.05) is 17.6 Å². The van der Waals surface area contributed by atoms with Crippen LogP contribution < -0.4 is 5.32 Å². The van der Waals surface area contributed by atoms with Crippen LogP contribution in [0.15, 0.2) is 24.3 Å². The lowest BCUT2D eigenvalue weighted by Crippen LogP contribution is -2.42. The number of carbonyl (C=O) groups is 1. The number of nitrogens with one attached hydrogen (secondary N) is 1. The summed E-state index contributed by atoms with van der Waals surface area (Å²) in [6.45, 7) is 10.6. The SMILES string of the molecule is CCN(CC)C(C)CNC(=O)c1nn(-c2cccc(Cl)c2)nc1C. The van der Waals surface area contributed by atoms with E-state index in [-0.39, 0.29) is 11.9 Å². The van der Waals surface area contributed by atoms with E-state index in [1.807, 2.05) is 12.1 Å². The van der Waals surface area contributed by atoms with Crippen LogP contribution in [0.1, 0.15) is 37.0 Å². The molecule has 0 spiro atoms. The summed E-state index contributed by atoms with van der Waals surface area (Å²) in [6, 6.07) is 7.47. The molecule has 1 N–H and O–H groups in total. The van der Waals surface area contributed by atoms with Crippen molar-refractivity contribution in [2.24, 2.45) is 0 Å². The number of aromatic nitrogens is 3. The molecule has 1 amide bonds. The Balaban J connectivity index is 2.08. The van der Waals surface area contributed by atoms with Gasteiger partial charge in [0.15, 0.2) is 5.69 Å². The van der Waals surface area contributed by atoms with Crippen LogP contribution in [0.25, 0.3) is 5.69 Å². The number of halogens is 1. The minimum Gasteiger partial charge on any atom is -0.349 e. The molecule has 1 heterocycles. The van der Waals surface area contributed by atoms with Gasteiger partial charge in [0.2, 0.25) is 0 Å². The maximum atomic E-state index is 12.4. The third kappa shape index (κ3) is 4.33. The summed E-state index contributed by atoms with van der Waals surface area (Å²) in [5.41, 5.74) is 1.64. The molecule has 0 fully saturated rings. The van der Waals surface area contributed by atoms with E-state index in [1.54, 1.807) is 19.1 Å². The second kappa shape index (κ2) is 8.26. The summed E-state index contributed by atoms with van der Waals surface area (Å²) in [6.07, 6.45) is 0. The standard InChI is InChI=1S/C17H24ClN5O/c1-5-22(6-2)12(3)11-19-17(24)16-13(4)20-23(21-16)15-9-7-8-14(18)10-15/h7-10,12H,5-6,11H2,1-4H3,(H,19,24). The highest BCUT2D eigenvalue weighted by atomic mass is 35.5. The lowest BCUT2D eigenvalue weighted by molar-refractivity contribution is 0.0932. The molecular weight excluding hydrogens is 326 g/mol. The third-order valence-corrected chi connectivity index (χ3v) is 4.27. The van der Waals surface area contributed by atoms with Gasteiger partial charge < -0.3 is 5.32 Å². The zero-order chi connectivity index (χ0) is 17.7. The first-order valence-electron chi connectivity index (χ1n) is 8.18. The second-order valence-corrected chi connectivity index (χ2v) is 6.12. The molecule has 1 unspecified atom stereocenters. The van der Waals surface area contributed by atoms with E-state index >= 15 is 0 Å². The zero-order valence-electron chi connectivity index (χ0n) is 14.6. The molecule has 7 heteroatoms. The molecule has 6 nitrogen and oxygen atoms in total. The summed E-state index contributed by atoms with van der Waals surface area (Å²) >= 11 is 5.99. The van der Waals surface area contributed by atoms with E-state index in [4.69, 9.17) is 11.6 Å². The minimum absolute atomic E-state index is 0.209. The molecule has 0 saturated carbocycles. The Morgan fingerprint density at radius 2 is 2.04 bits per heavy atom. The highest BCUT2D eigenvalue weighted by Gasteiger charge is 2.18. The minimum atomic E-state index is -0.209.